The third kappa shape index (κ3) is 2.19. The number of benzene rings is 1. The van der Waals surface area contributed by atoms with Crippen molar-refractivity contribution in [3.05, 3.63) is 29.3 Å². The van der Waals surface area contributed by atoms with Crippen LogP contribution in [0.5, 0.6) is 0 Å². The number of aliphatic hydroxyl groups is 1. The molecule has 0 aliphatic carbocycles. The van der Waals surface area contributed by atoms with Crippen LogP contribution in [0.25, 0.3) is 0 Å². The highest BCUT2D eigenvalue weighted by atomic mass is 32.2. The minimum absolute atomic E-state index is 0.00403. The summed E-state index contributed by atoms with van der Waals surface area (Å²) < 4.78 is 26.2. The molecule has 1 rings (SSSR count). The van der Waals surface area contributed by atoms with Crippen LogP contribution in [0.15, 0.2) is 17.0 Å². The molecule has 0 bridgehead atoms. The Morgan fingerprint density at radius 3 is 2.46 bits per heavy atom. The topological polar surface area (TPSA) is 20.2 Å². The van der Waals surface area contributed by atoms with Gasteiger partial charge in [-0.25, -0.2) is 8.78 Å². The van der Waals surface area contributed by atoms with Gasteiger partial charge in [0.25, 0.3) is 0 Å². The van der Waals surface area contributed by atoms with Gasteiger partial charge in [-0.2, -0.15) is 0 Å². The Morgan fingerprint density at radius 1 is 1.38 bits per heavy atom. The number of hydrogen-bond donors (Lipinski definition) is 1. The third-order valence-corrected chi connectivity index (χ3v) is 2.44. The number of rotatable bonds is 2. The lowest BCUT2D eigenvalue weighted by atomic mass is 10.1. The maximum atomic E-state index is 13.4. The maximum Gasteiger partial charge on any atom is 0.142 e. The molecule has 0 amide bonds. The zero-order valence-electron chi connectivity index (χ0n) is 7.34. The Kier molecular flexibility index (Phi) is 3.27. The molecular formula is C9H10F2OS. The number of aliphatic hydroxyl groups excluding tert-OH is 1. The molecule has 0 saturated carbocycles. The second kappa shape index (κ2) is 4.07. The van der Waals surface area contributed by atoms with Gasteiger partial charge in [0.05, 0.1) is 6.10 Å². The van der Waals surface area contributed by atoms with E-state index >= 15 is 0 Å². The summed E-state index contributed by atoms with van der Waals surface area (Å²) in [4.78, 5) is 0.218. The minimum atomic E-state index is -0.985. The van der Waals surface area contributed by atoms with E-state index in [0.29, 0.717) is 0 Å². The summed E-state index contributed by atoms with van der Waals surface area (Å²) in [5.41, 5.74) is 0.00403. The first-order valence-corrected chi connectivity index (χ1v) is 4.99. The van der Waals surface area contributed by atoms with E-state index in [0.717, 1.165) is 23.9 Å². The van der Waals surface area contributed by atoms with Crippen LogP contribution >= 0.6 is 11.8 Å². The smallest absolute Gasteiger partial charge is 0.142 e. The van der Waals surface area contributed by atoms with Gasteiger partial charge in [-0.15, -0.1) is 11.8 Å². The van der Waals surface area contributed by atoms with Gasteiger partial charge in [0.2, 0.25) is 0 Å². The maximum absolute atomic E-state index is 13.4. The Balaban J connectivity index is 3.27. The van der Waals surface area contributed by atoms with Crippen molar-refractivity contribution in [2.24, 2.45) is 0 Å². The van der Waals surface area contributed by atoms with Gasteiger partial charge in [-0.1, -0.05) is 0 Å². The molecule has 1 N–H and O–H groups in total. The first kappa shape index (κ1) is 10.5. The summed E-state index contributed by atoms with van der Waals surface area (Å²) in [6, 6.07) is 2.13. The average Bonchev–Trinajstić information content (AvgIpc) is 2.08. The SMILES string of the molecule is CSc1cc(F)cc(C(C)O)c1F. The molecule has 0 spiro atoms. The molecule has 1 aromatic carbocycles. The van der Waals surface area contributed by atoms with E-state index < -0.39 is 17.7 Å². The summed E-state index contributed by atoms with van der Waals surface area (Å²) in [6.07, 6.45) is 0.672. The van der Waals surface area contributed by atoms with Gasteiger partial charge in [-0.05, 0) is 25.3 Å². The molecule has 1 nitrogen and oxygen atoms in total. The molecule has 0 saturated heterocycles. The van der Waals surface area contributed by atoms with Crippen LogP contribution in [-0.4, -0.2) is 11.4 Å². The highest BCUT2D eigenvalue weighted by Gasteiger charge is 2.13. The monoisotopic (exact) mass is 204 g/mol. The van der Waals surface area contributed by atoms with Crippen molar-refractivity contribution >= 4 is 11.8 Å². The first-order valence-electron chi connectivity index (χ1n) is 3.77. The van der Waals surface area contributed by atoms with Crippen LogP contribution < -0.4 is 0 Å². The molecule has 0 aromatic heterocycles. The average molecular weight is 204 g/mol. The number of halogens is 2. The quantitative estimate of drug-likeness (QED) is 0.747. The Morgan fingerprint density at radius 2 is 2.00 bits per heavy atom. The van der Waals surface area contributed by atoms with Crippen molar-refractivity contribution in [3.63, 3.8) is 0 Å². The molecule has 72 valence electrons. The lowest BCUT2D eigenvalue weighted by Crippen LogP contribution is -1.98. The van der Waals surface area contributed by atoms with Crippen LogP contribution in [0, 0.1) is 11.6 Å². The summed E-state index contributed by atoms with van der Waals surface area (Å²) in [5, 5.41) is 9.13. The predicted octanol–water partition coefficient (Wildman–Crippen LogP) is 2.74. The first-order chi connectivity index (χ1) is 6.06. The van der Waals surface area contributed by atoms with Crippen LogP contribution in [0.3, 0.4) is 0 Å². The van der Waals surface area contributed by atoms with Gasteiger partial charge in [0.15, 0.2) is 0 Å². The molecule has 0 radical (unpaired) electrons. The molecule has 0 aliphatic heterocycles. The van der Waals surface area contributed by atoms with E-state index in [2.05, 4.69) is 0 Å². The van der Waals surface area contributed by atoms with E-state index in [4.69, 9.17) is 5.11 Å². The van der Waals surface area contributed by atoms with Crippen molar-refractivity contribution < 1.29 is 13.9 Å². The number of thioether (sulfide) groups is 1. The fraction of sp³-hybridized carbons (Fsp3) is 0.333. The fourth-order valence-electron chi connectivity index (χ4n) is 1.04. The standard InChI is InChI=1S/C9H10F2OS/c1-5(12)7-3-6(10)4-8(13-2)9(7)11/h3-5,12H,1-2H3. The fourth-order valence-corrected chi connectivity index (χ4v) is 1.56. The van der Waals surface area contributed by atoms with Gasteiger partial charge in [-0.3, -0.25) is 0 Å². The molecule has 1 aromatic rings. The summed E-state index contributed by atoms with van der Waals surface area (Å²) in [6.45, 7) is 1.40. The van der Waals surface area contributed by atoms with Crippen molar-refractivity contribution in [2.45, 2.75) is 17.9 Å². The second-order valence-electron chi connectivity index (χ2n) is 2.69. The third-order valence-electron chi connectivity index (χ3n) is 1.70. The van der Waals surface area contributed by atoms with Crippen LogP contribution in [0.2, 0.25) is 0 Å². The van der Waals surface area contributed by atoms with E-state index in [-0.39, 0.29) is 10.5 Å². The summed E-state index contributed by atoms with van der Waals surface area (Å²) >= 11 is 1.12. The zero-order valence-corrected chi connectivity index (χ0v) is 8.16. The van der Waals surface area contributed by atoms with Crippen molar-refractivity contribution in [1.29, 1.82) is 0 Å². The van der Waals surface area contributed by atoms with Gasteiger partial charge in [0, 0.05) is 10.5 Å². The zero-order chi connectivity index (χ0) is 10.0. The summed E-state index contributed by atoms with van der Waals surface area (Å²) in [7, 11) is 0. The Labute approximate surface area is 79.8 Å². The molecule has 0 aliphatic rings. The molecular weight excluding hydrogens is 194 g/mol. The Bertz CT molecular complexity index is 313. The summed E-state index contributed by atoms with van der Waals surface area (Å²) in [5.74, 6) is -1.06. The van der Waals surface area contributed by atoms with Crippen molar-refractivity contribution in [2.75, 3.05) is 6.26 Å². The minimum Gasteiger partial charge on any atom is -0.389 e. The molecule has 0 heterocycles. The second-order valence-corrected chi connectivity index (χ2v) is 3.54. The molecule has 13 heavy (non-hydrogen) atoms. The molecule has 1 unspecified atom stereocenters. The molecule has 0 fully saturated rings. The number of hydrogen-bond acceptors (Lipinski definition) is 2. The van der Waals surface area contributed by atoms with Crippen LogP contribution in [-0.2, 0) is 0 Å². The highest BCUT2D eigenvalue weighted by Crippen LogP contribution is 2.27. The van der Waals surface area contributed by atoms with Gasteiger partial charge >= 0.3 is 0 Å². The predicted molar refractivity (Wildman–Crippen MR) is 48.8 cm³/mol. The van der Waals surface area contributed by atoms with E-state index in [1.165, 1.54) is 6.92 Å². The highest BCUT2D eigenvalue weighted by molar-refractivity contribution is 7.98. The van der Waals surface area contributed by atoms with Crippen LogP contribution in [0.1, 0.15) is 18.6 Å². The lowest BCUT2D eigenvalue weighted by molar-refractivity contribution is 0.192. The van der Waals surface area contributed by atoms with E-state index in [1.54, 1.807) is 6.26 Å². The van der Waals surface area contributed by atoms with E-state index in [9.17, 15) is 8.78 Å². The van der Waals surface area contributed by atoms with E-state index in [1.807, 2.05) is 0 Å². The largest absolute Gasteiger partial charge is 0.389 e. The molecule has 1 atom stereocenters. The Hall–Kier alpha value is -0.610. The van der Waals surface area contributed by atoms with Crippen molar-refractivity contribution in [3.8, 4) is 0 Å². The normalized spacial score (nSPS) is 13.0. The van der Waals surface area contributed by atoms with Crippen LogP contribution in [0.4, 0.5) is 8.78 Å². The van der Waals surface area contributed by atoms with Crippen molar-refractivity contribution in [1.82, 2.24) is 0 Å². The van der Waals surface area contributed by atoms with Gasteiger partial charge < -0.3 is 5.11 Å². The van der Waals surface area contributed by atoms with Gasteiger partial charge in [0.1, 0.15) is 11.6 Å². The molecule has 4 heteroatoms. The lowest BCUT2D eigenvalue weighted by Gasteiger charge is -2.09.